The smallest absolute Gasteiger partial charge is 0.140 e. The van der Waals surface area contributed by atoms with Gasteiger partial charge in [-0.1, -0.05) is 6.92 Å². The quantitative estimate of drug-likeness (QED) is 0.403. The van der Waals surface area contributed by atoms with Crippen LogP contribution in [0.1, 0.15) is 13.3 Å². The monoisotopic (exact) mass is 431 g/mol. The first-order valence-electron chi connectivity index (χ1n) is 10.6. The van der Waals surface area contributed by atoms with Gasteiger partial charge in [0.2, 0.25) is 0 Å². The van der Waals surface area contributed by atoms with Crippen LogP contribution in [0.25, 0.3) is 33.4 Å². The molecule has 0 fully saturated rings. The zero-order valence-corrected chi connectivity index (χ0v) is 18.1. The van der Waals surface area contributed by atoms with Crippen molar-refractivity contribution in [2.75, 3.05) is 18.5 Å². The van der Waals surface area contributed by atoms with Gasteiger partial charge in [0.1, 0.15) is 23.6 Å². The van der Waals surface area contributed by atoms with Crippen LogP contribution in [0, 0.1) is 11.7 Å². The van der Waals surface area contributed by atoms with E-state index in [1.165, 1.54) is 12.1 Å². The SMILES string of the molecule is CC(C=O)C[C@H](N)CN(C)c1ccc2c(-c3ccncc3)c(-c3ccc(F)cc3)[nH]c2n1. The van der Waals surface area contributed by atoms with Gasteiger partial charge in [-0.3, -0.25) is 4.98 Å². The number of nitrogens with zero attached hydrogens (tertiary/aromatic N) is 3. The maximum absolute atomic E-state index is 13.5. The van der Waals surface area contributed by atoms with Gasteiger partial charge in [-0.15, -0.1) is 0 Å². The first kappa shape index (κ1) is 21.6. The highest BCUT2D eigenvalue weighted by Gasteiger charge is 2.18. The third-order valence-corrected chi connectivity index (χ3v) is 5.55. The number of anilines is 1. The summed E-state index contributed by atoms with van der Waals surface area (Å²) >= 11 is 0. The number of likely N-dealkylation sites (N-methyl/N-ethyl adjacent to an activating group) is 1. The van der Waals surface area contributed by atoms with Crippen LogP contribution < -0.4 is 10.6 Å². The molecule has 4 rings (SSSR count). The van der Waals surface area contributed by atoms with Crippen molar-refractivity contribution in [1.29, 1.82) is 0 Å². The minimum absolute atomic E-state index is 0.0709. The summed E-state index contributed by atoms with van der Waals surface area (Å²) < 4.78 is 13.5. The lowest BCUT2D eigenvalue weighted by atomic mass is 10.00. The van der Waals surface area contributed by atoms with Gasteiger partial charge in [0.25, 0.3) is 0 Å². The zero-order valence-electron chi connectivity index (χ0n) is 18.1. The standard InChI is InChI=1S/C25H26FN5O/c1-16(15-32)13-20(27)14-31(2)22-8-7-21-23(17-9-11-28-12-10-17)24(30-25(21)29-22)18-3-5-19(26)6-4-18/h3-12,15-16,20H,13-14,27H2,1-2H3,(H,29,30)/t16?,20-/m0/s1. The molecule has 1 unspecified atom stereocenters. The molecule has 7 heteroatoms. The van der Waals surface area contributed by atoms with E-state index < -0.39 is 0 Å². The van der Waals surface area contributed by atoms with Crippen molar-refractivity contribution in [3.8, 4) is 22.4 Å². The second-order valence-electron chi connectivity index (χ2n) is 8.17. The second kappa shape index (κ2) is 9.28. The molecule has 0 aliphatic rings. The van der Waals surface area contributed by atoms with E-state index in [2.05, 4.69) is 9.97 Å². The number of hydrogen-bond donors (Lipinski definition) is 2. The van der Waals surface area contributed by atoms with Crippen LogP contribution >= 0.6 is 0 Å². The Bertz CT molecular complexity index is 1210. The molecule has 1 aromatic carbocycles. The summed E-state index contributed by atoms with van der Waals surface area (Å²) in [5.41, 5.74) is 10.7. The Kier molecular flexibility index (Phi) is 6.28. The Morgan fingerprint density at radius 1 is 1.09 bits per heavy atom. The van der Waals surface area contributed by atoms with Crippen molar-refractivity contribution in [2.24, 2.45) is 11.7 Å². The molecule has 0 bridgehead atoms. The number of aromatic nitrogens is 3. The number of carbonyl (C=O) groups is 1. The largest absolute Gasteiger partial charge is 0.358 e. The summed E-state index contributed by atoms with van der Waals surface area (Å²) in [6, 6.07) is 14.2. The molecule has 3 heterocycles. The van der Waals surface area contributed by atoms with Crippen LogP contribution in [0.2, 0.25) is 0 Å². The molecular formula is C25H26FN5O. The average molecular weight is 432 g/mol. The van der Waals surface area contributed by atoms with E-state index in [0.717, 1.165) is 45.5 Å². The van der Waals surface area contributed by atoms with E-state index >= 15 is 0 Å². The van der Waals surface area contributed by atoms with Gasteiger partial charge in [0, 0.05) is 48.9 Å². The summed E-state index contributed by atoms with van der Waals surface area (Å²) in [5, 5.41) is 0.964. The Labute approximate surface area is 186 Å². The van der Waals surface area contributed by atoms with Crippen LogP contribution in [-0.2, 0) is 4.79 Å². The van der Waals surface area contributed by atoms with Crippen molar-refractivity contribution in [1.82, 2.24) is 15.0 Å². The topological polar surface area (TPSA) is 87.9 Å². The van der Waals surface area contributed by atoms with Crippen molar-refractivity contribution in [3.63, 3.8) is 0 Å². The third kappa shape index (κ3) is 4.53. The highest BCUT2D eigenvalue weighted by atomic mass is 19.1. The highest BCUT2D eigenvalue weighted by Crippen LogP contribution is 2.38. The second-order valence-corrected chi connectivity index (χ2v) is 8.17. The molecule has 164 valence electrons. The normalized spacial score (nSPS) is 13.1. The lowest BCUT2D eigenvalue weighted by Crippen LogP contribution is -2.37. The molecule has 0 spiro atoms. The number of hydrogen-bond acceptors (Lipinski definition) is 5. The molecule has 0 saturated carbocycles. The Morgan fingerprint density at radius 3 is 2.50 bits per heavy atom. The lowest BCUT2D eigenvalue weighted by Gasteiger charge is -2.23. The van der Waals surface area contributed by atoms with Crippen LogP contribution in [0.3, 0.4) is 0 Å². The van der Waals surface area contributed by atoms with Gasteiger partial charge in [-0.05, 0) is 66.1 Å². The maximum Gasteiger partial charge on any atom is 0.140 e. The molecule has 6 nitrogen and oxygen atoms in total. The number of halogens is 1. The number of benzene rings is 1. The van der Waals surface area contributed by atoms with E-state index in [9.17, 15) is 9.18 Å². The Balaban J connectivity index is 1.74. The number of carbonyl (C=O) groups excluding carboxylic acids is 1. The molecule has 0 saturated heterocycles. The average Bonchev–Trinajstić information content (AvgIpc) is 3.18. The fourth-order valence-corrected chi connectivity index (χ4v) is 3.98. The lowest BCUT2D eigenvalue weighted by molar-refractivity contribution is -0.110. The number of aromatic amines is 1. The fraction of sp³-hybridized carbons (Fsp3) is 0.240. The van der Waals surface area contributed by atoms with Gasteiger partial charge in [-0.2, -0.15) is 0 Å². The molecule has 0 aliphatic heterocycles. The molecule has 0 radical (unpaired) electrons. The number of pyridine rings is 2. The number of nitrogens with two attached hydrogens (primary N) is 1. The molecule has 2 atom stereocenters. The van der Waals surface area contributed by atoms with Crippen molar-refractivity contribution in [2.45, 2.75) is 19.4 Å². The summed E-state index contributed by atoms with van der Waals surface area (Å²) in [5.74, 6) is 0.427. The first-order valence-corrected chi connectivity index (χ1v) is 10.6. The summed E-state index contributed by atoms with van der Waals surface area (Å²) in [4.78, 5) is 25.3. The van der Waals surface area contributed by atoms with E-state index in [1.54, 1.807) is 24.5 Å². The van der Waals surface area contributed by atoms with E-state index in [1.807, 2.05) is 43.1 Å². The molecule has 3 N–H and O–H groups in total. The number of H-pyrrole nitrogens is 1. The number of rotatable bonds is 8. The number of nitrogens with one attached hydrogen (secondary N) is 1. The van der Waals surface area contributed by atoms with Crippen LogP contribution in [-0.4, -0.2) is 40.9 Å². The van der Waals surface area contributed by atoms with Crippen LogP contribution in [0.4, 0.5) is 10.2 Å². The number of fused-ring (bicyclic) bond motifs is 1. The predicted octanol–water partition coefficient (Wildman–Crippen LogP) is 4.42. The summed E-state index contributed by atoms with van der Waals surface area (Å²) in [6.45, 7) is 2.45. The Hall–Kier alpha value is -3.58. The maximum atomic E-state index is 13.5. The Morgan fingerprint density at radius 2 is 1.81 bits per heavy atom. The predicted molar refractivity (Wildman–Crippen MR) is 126 cm³/mol. The summed E-state index contributed by atoms with van der Waals surface area (Å²) in [6.07, 6.45) is 5.06. The molecule has 4 aromatic rings. The van der Waals surface area contributed by atoms with Crippen LogP contribution in [0.5, 0.6) is 0 Å². The fourth-order valence-electron chi connectivity index (χ4n) is 3.98. The minimum Gasteiger partial charge on any atom is -0.358 e. The molecular weight excluding hydrogens is 405 g/mol. The third-order valence-electron chi connectivity index (χ3n) is 5.55. The number of aldehydes is 1. The molecule has 0 amide bonds. The minimum atomic E-state index is -0.280. The van der Waals surface area contributed by atoms with Gasteiger partial charge in [-0.25, -0.2) is 9.37 Å². The van der Waals surface area contributed by atoms with E-state index in [0.29, 0.717) is 13.0 Å². The van der Waals surface area contributed by atoms with Crippen molar-refractivity contribution < 1.29 is 9.18 Å². The van der Waals surface area contributed by atoms with Crippen LogP contribution in [0.15, 0.2) is 60.9 Å². The van der Waals surface area contributed by atoms with Crippen molar-refractivity contribution >= 4 is 23.1 Å². The highest BCUT2D eigenvalue weighted by molar-refractivity contribution is 6.02. The van der Waals surface area contributed by atoms with Gasteiger partial charge < -0.3 is 20.4 Å². The summed E-state index contributed by atoms with van der Waals surface area (Å²) in [7, 11) is 1.94. The molecule has 32 heavy (non-hydrogen) atoms. The zero-order chi connectivity index (χ0) is 22.7. The van der Waals surface area contributed by atoms with Gasteiger partial charge in [0.15, 0.2) is 0 Å². The molecule has 3 aromatic heterocycles. The molecule has 0 aliphatic carbocycles. The van der Waals surface area contributed by atoms with E-state index in [-0.39, 0.29) is 17.8 Å². The van der Waals surface area contributed by atoms with E-state index in [4.69, 9.17) is 10.7 Å². The van der Waals surface area contributed by atoms with Gasteiger partial charge in [0.05, 0.1) is 5.69 Å². The first-order chi connectivity index (χ1) is 15.5. The van der Waals surface area contributed by atoms with Gasteiger partial charge >= 0.3 is 0 Å². The van der Waals surface area contributed by atoms with Crippen molar-refractivity contribution in [3.05, 3.63) is 66.7 Å².